The SMILES string of the molecule is Cc1cc(COc2ccc(C(=O)Nn3c(C)ccc3C)cc2)no1. The van der Waals surface area contributed by atoms with Gasteiger partial charge in [0.25, 0.3) is 5.91 Å². The number of hydrogen-bond donors (Lipinski definition) is 1. The predicted octanol–water partition coefficient (Wildman–Crippen LogP) is 3.36. The van der Waals surface area contributed by atoms with E-state index >= 15 is 0 Å². The first-order valence-corrected chi connectivity index (χ1v) is 7.64. The molecule has 0 bridgehead atoms. The fraction of sp³-hybridized carbons (Fsp3) is 0.222. The first-order chi connectivity index (χ1) is 11.5. The molecular formula is C18H19N3O3. The van der Waals surface area contributed by atoms with E-state index in [1.165, 1.54) is 0 Å². The molecule has 6 heteroatoms. The zero-order valence-corrected chi connectivity index (χ0v) is 13.9. The number of rotatable bonds is 5. The summed E-state index contributed by atoms with van der Waals surface area (Å²) in [6.45, 7) is 6.04. The van der Waals surface area contributed by atoms with Gasteiger partial charge < -0.3 is 9.26 Å². The number of hydrogen-bond acceptors (Lipinski definition) is 4. The summed E-state index contributed by atoms with van der Waals surface area (Å²) < 4.78 is 12.4. The number of carbonyl (C=O) groups is 1. The number of ether oxygens (including phenoxy) is 1. The van der Waals surface area contributed by atoms with Crippen molar-refractivity contribution < 1.29 is 14.1 Å². The van der Waals surface area contributed by atoms with Gasteiger partial charge in [0.1, 0.15) is 23.8 Å². The Morgan fingerprint density at radius 2 is 1.79 bits per heavy atom. The van der Waals surface area contributed by atoms with Crippen molar-refractivity contribution in [3.8, 4) is 5.75 Å². The molecule has 0 saturated heterocycles. The molecule has 0 spiro atoms. The van der Waals surface area contributed by atoms with E-state index in [0.717, 1.165) is 22.8 Å². The molecule has 0 atom stereocenters. The average molecular weight is 325 g/mol. The molecule has 0 unspecified atom stereocenters. The summed E-state index contributed by atoms with van der Waals surface area (Å²) in [4.78, 5) is 12.3. The van der Waals surface area contributed by atoms with E-state index in [2.05, 4.69) is 10.6 Å². The van der Waals surface area contributed by atoms with E-state index in [9.17, 15) is 4.79 Å². The smallest absolute Gasteiger partial charge is 0.270 e. The zero-order valence-electron chi connectivity index (χ0n) is 13.9. The van der Waals surface area contributed by atoms with Gasteiger partial charge in [0, 0.05) is 23.0 Å². The molecule has 0 radical (unpaired) electrons. The van der Waals surface area contributed by atoms with Gasteiger partial charge in [-0.2, -0.15) is 0 Å². The summed E-state index contributed by atoms with van der Waals surface area (Å²) in [7, 11) is 0. The Labute approximate surface area is 140 Å². The van der Waals surface area contributed by atoms with Crippen molar-refractivity contribution in [3.63, 3.8) is 0 Å². The van der Waals surface area contributed by atoms with Crippen molar-refractivity contribution in [1.29, 1.82) is 0 Å². The van der Waals surface area contributed by atoms with Crippen LogP contribution in [0.4, 0.5) is 0 Å². The highest BCUT2D eigenvalue weighted by atomic mass is 16.5. The normalized spacial score (nSPS) is 10.6. The Morgan fingerprint density at radius 1 is 1.12 bits per heavy atom. The number of aromatic nitrogens is 2. The summed E-state index contributed by atoms with van der Waals surface area (Å²) in [5.74, 6) is 1.24. The molecule has 2 heterocycles. The molecule has 0 saturated carbocycles. The second kappa shape index (κ2) is 6.62. The van der Waals surface area contributed by atoms with E-state index in [-0.39, 0.29) is 5.91 Å². The van der Waals surface area contributed by atoms with Crippen molar-refractivity contribution >= 4 is 5.91 Å². The Balaban J connectivity index is 1.62. The van der Waals surface area contributed by atoms with Crippen LogP contribution < -0.4 is 10.2 Å². The maximum Gasteiger partial charge on any atom is 0.270 e. The maximum atomic E-state index is 12.3. The number of carbonyl (C=O) groups excluding carboxylic acids is 1. The van der Waals surface area contributed by atoms with Gasteiger partial charge in [-0.25, -0.2) is 0 Å². The van der Waals surface area contributed by atoms with E-state index < -0.39 is 0 Å². The largest absolute Gasteiger partial charge is 0.487 e. The van der Waals surface area contributed by atoms with Gasteiger partial charge in [0.15, 0.2) is 0 Å². The van der Waals surface area contributed by atoms with Crippen LogP contribution in [0.5, 0.6) is 5.75 Å². The Bertz CT molecular complexity index is 827. The third-order valence-corrected chi connectivity index (χ3v) is 3.66. The van der Waals surface area contributed by atoms with E-state index in [4.69, 9.17) is 9.26 Å². The molecule has 3 rings (SSSR count). The van der Waals surface area contributed by atoms with Crippen LogP contribution >= 0.6 is 0 Å². The summed E-state index contributed by atoms with van der Waals surface area (Å²) in [5, 5.41) is 3.87. The summed E-state index contributed by atoms with van der Waals surface area (Å²) >= 11 is 0. The minimum Gasteiger partial charge on any atom is -0.487 e. The molecule has 3 aromatic rings. The second-order valence-corrected chi connectivity index (χ2v) is 5.63. The lowest BCUT2D eigenvalue weighted by atomic mass is 10.2. The number of aryl methyl sites for hydroxylation is 3. The molecular weight excluding hydrogens is 306 g/mol. The second-order valence-electron chi connectivity index (χ2n) is 5.63. The number of benzene rings is 1. The Kier molecular flexibility index (Phi) is 4.37. The third kappa shape index (κ3) is 3.48. The number of amides is 1. The molecule has 2 aromatic heterocycles. The Hall–Kier alpha value is -3.02. The topological polar surface area (TPSA) is 69.3 Å². The molecule has 124 valence electrons. The van der Waals surface area contributed by atoms with E-state index in [1.807, 2.05) is 39.0 Å². The van der Waals surface area contributed by atoms with Gasteiger partial charge in [0.05, 0.1) is 0 Å². The number of nitrogens with one attached hydrogen (secondary N) is 1. The molecule has 1 amide bonds. The van der Waals surface area contributed by atoms with E-state index in [0.29, 0.717) is 17.9 Å². The highest BCUT2D eigenvalue weighted by molar-refractivity contribution is 6.00. The molecule has 1 aromatic carbocycles. The lowest BCUT2D eigenvalue weighted by Gasteiger charge is -2.11. The van der Waals surface area contributed by atoms with Crippen LogP contribution in [-0.4, -0.2) is 15.7 Å². The van der Waals surface area contributed by atoms with Crippen molar-refractivity contribution in [2.75, 3.05) is 5.43 Å². The summed E-state index contributed by atoms with van der Waals surface area (Å²) in [6, 6.07) is 12.7. The van der Waals surface area contributed by atoms with Gasteiger partial charge in [-0.3, -0.25) is 14.9 Å². The van der Waals surface area contributed by atoms with E-state index in [1.54, 1.807) is 28.9 Å². The highest BCUT2D eigenvalue weighted by Crippen LogP contribution is 2.15. The first-order valence-electron chi connectivity index (χ1n) is 7.64. The van der Waals surface area contributed by atoms with Crippen molar-refractivity contribution in [3.05, 3.63) is 70.9 Å². The Morgan fingerprint density at radius 3 is 2.38 bits per heavy atom. The minimum absolute atomic E-state index is 0.170. The predicted molar refractivity (Wildman–Crippen MR) is 89.6 cm³/mol. The molecule has 0 aliphatic carbocycles. The zero-order chi connectivity index (χ0) is 17.1. The summed E-state index contributed by atoms with van der Waals surface area (Å²) in [5.41, 5.74) is 6.11. The molecule has 6 nitrogen and oxygen atoms in total. The maximum absolute atomic E-state index is 12.3. The average Bonchev–Trinajstić information content (AvgIpc) is 3.13. The van der Waals surface area contributed by atoms with Gasteiger partial charge >= 0.3 is 0 Å². The third-order valence-electron chi connectivity index (χ3n) is 3.66. The molecule has 1 N–H and O–H groups in total. The standard InChI is InChI=1S/C18H19N3O3/c1-12-4-5-13(2)21(12)19-18(22)15-6-8-17(9-7-15)23-11-16-10-14(3)24-20-16/h4-10H,11H2,1-3H3,(H,19,22). The quantitative estimate of drug-likeness (QED) is 0.781. The lowest BCUT2D eigenvalue weighted by Crippen LogP contribution is -2.24. The van der Waals surface area contributed by atoms with Crippen LogP contribution in [-0.2, 0) is 6.61 Å². The molecule has 0 aliphatic heterocycles. The number of nitrogens with zero attached hydrogens (tertiary/aromatic N) is 2. The van der Waals surface area contributed by atoms with Gasteiger partial charge in [-0.1, -0.05) is 5.16 Å². The fourth-order valence-electron chi connectivity index (χ4n) is 2.36. The molecule has 24 heavy (non-hydrogen) atoms. The van der Waals surface area contributed by atoms with Crippen molar-refractivity contribution in [2.45, 2.75) is 27.4 Å². The van der Waals surface area contributed by atoms with Crippen LogP contribution in [0, 0.1) is 20.8 Å². The fourth-order valence-corrected chi connectivity index (χ4v) is 2.36. The highest BCUT2D eigenvalue weighted by Gasteiger charge is 2.09. The molecule has 0 aliphatic rings. The summed E-state index contributed by atoms with van der Waals surface area (Å²) in [6.07, 6.45) is 0. The van der Waals surface area contributed by atoms with Gasteiger partial charge in [0.2, 0.25) is 0 Å². The van der Waals surface area contributed by atoms with Crippen molar-refractivity contribution in [1.82, 2.24) is 9.83 Å². The van der Waals surface area contributed by atoms with Gasteiger partial charge in [-0.05, 0) is 57.2 Å². The van der Waals surface area contributed by atoms with Gasteiger partial charge in [-0.15, -0.1) is 0 Å². The van der Waals surface area contributed by atoms with Crippen LogP contribution in [0.1, 0.15) is 33.2 Å². The minimum atomic E-state index is -0.170. The molecule has 0 fully saturated rings. The van der Waals surface area contributed by atoms with Crippen LogP contribution in [0.3, 0.4) is 0 Å². The van der Waals surface area contributed by atoms with Crippen LogP contribution in [0.2, 0.25) is 0 Å². The van der Waals surface area contributed by atoms with Crippen molar-refractivity contribution in [2.24, 2.45) is 0 Å². The first kappa shape index (κ1) is 15.9. The van der Waals surface area contributed by atoms with Crippen LogP contribution in [0.25, 0.3) is 0 Å². The van der Waals surface area contributed by atoms with Crippen LogP contribution in [0.15, 0.2) is 47.0 Å². The lowest BCUT2D eigenvalue weighted by molar-refractivity contribution is 0.101. The monoisotopic (exact) mass is 325 g/mol.